The van der Waals surface area contributed by atoms with Crippen molar-refractivity contribution >= 4 is 11.8 Å². The van der Waals surface area contributed by atoms with E-state index in [2.05, 4.69) is 5.32 Å². The molecule has 0 fully saturated rings. The number of hydrogen-bond acceptors (Lipinski definition) is 2. The molecule has 0 aromatic heterocycles. The molecule has 0 aliphatic rings. The quantitative estimate of drug-likeness (QED) is 0.859. The average Bonchev–Trinajstić information content (AvgIpc) is 2.34. The van der Waals surface area contributed by atoms with Gasteiger partial charge in [-0.2, -0.15) is 0 Å². The Kier molecular flexibility index (Phi) is 5.36. The van der Waals surface area contributed by atoms with Crippen molar-refractivity contribution in [2.75, 3.05) is 6.54 Å². The molecule has 0 aliphatic heterocycles. The molecule has 4 heteroatoms. The Morgan fingerprint density at radius 1 is 1.22 bits per heavy atom. The first-order valence-corrected chi connectivity index (χ1v) is 6.08. The number of amides is 2. The Bertz CT molecular complexity index is 402. The summed E-state index contributed by atoms with van der Waals surface area (Å²) >= 11 is 0. The molecule has 0 unspecified atom stereocenters. The van der Waals surface area contributed by atoms with E-state index in [1.807, 2.05) is 44.2 Å². The van der Waals surface area contributed by atoms with Crippen molar-refractivity contribution < 1.29 is 9.59 Å². The van der Waals surface area contributed by atoms with Crippen molar-refractivity contribution in [2.24, 2.45) is 0 Å². The zero-order valence-electron chi connectivity index (χ0n) is 11.1. The van der Waals surface area contributed by atoms with Gasteiger partial charge in [0.05, 0.1) is 6.54 Å². The van der Waals surface area contributed by atoms with Gasteiger partial charge in [0.2, 0.25) is 11.8 Å². The van der Waals surface area contributed by atoms with Crippen molar-refractivity contribution in [1.29, 1.82) is 0 Å². The maximum atomic E-state index is 12.0. The molecule has 0 saturated heterocycles. The fourth-order valence-electron chi connectivity index (χ4n) is 1.64. The van der Waals surface area contributed by atoms with E-state index in [1.54, 1.807) is 4.90 Å². The zero-order chi connectivity index (χ0) is 13.5. The van der Waals surface area contributed by atoms with Gasteiger partial charge in [-0.25, -0.2) is 0 Å². The van der Waals surface area contributed by atoms with Crippen molar-refractivity contribution in [3.8, 4) is 0 Å². The Hall–Kier alpha value is -1.84. The third kappa shape index (κ3) is 4.57. The van der Waals surface area contributed by atoms with Crippen molar-refractivity contribution in [2.45, 2.75) is 33.4 Å². The molecule has 0 saturated carbocycles. The maximum absolute atomic E-state index is 12.0. The number of nitrogens with one attached hydrogen (secondary N) is 1. The highest BCUT2D eigenvalue weighted by atomic mass is 16.2. The predicted octanol–water partition coefficient (Wildman–Crippen LogP) is 1.56. The molecule has 0 aliphatic carbocycles. The molecule has 98 valence electrons. The first kappa shape index (κ1) is 14.2. The highest BCUT2D eigenvalue weighted by Gasteiger charge is 2.17. The molecule has 0 bridgehead atoms. The van der Waals surface area contributed by atoms with E-state index in [1.165, 1.54) is 6.92 Å². The lowest BCUT2D eigenvalue weighted by Crippen LogP contribution is -2.42. The molecule has 0 heterocycles. The molecular weight excluding hydrogens is 228 g/mol. The number of carbonyl (C=O) groups excluding carboxylic acids is 2. The zero-order valence-corrected chi connectivity index (χ0v) is 11.1. The van der Waals surface area contributed by atoms with Gasteiger partial charge in [-0.3, -0.25) is 9.59 Å². The predicted molar refractivity (Wildman–Crippen MR) is 70.8 cm³/mol. The number of rotatable bonds is 5. The Morgan fingerprint density at radius 2 is 1.83 bits per heavy atom. The molecule has 0 atom stereocenters. The van der Waals surface area contributed by atoms with Crippen LogP contribution in [0.4, 0.5) is 0 Å². The SMILES string of the molecule is CC(=O)NCC(=O)N(Cc1ccccc1)C(C)C. The van der Waals surface area contributed by atoms with E-state index in [4.69, 9.17) is 0 Å². The topological polar surface area (TPSA) is 49.4 Å². The smallest absolute Gasteiger partial charge is 0.242 e. The lowest BCUT2D eigenvalue weighted by Gasteiger charge is -2.27. The molecule has 2 amide bonds. The van der Waals surface area contributed by atoms with Gasteiger partial charge in [0.1, 0.15) is 0 Å². The van der Waals surface area contributed by atoms with Gasteiger partial charge in [0.15, 0.2) is 0 Å². The fourth-order valence-corrected chi connectivity index (χ4v) is 1.64. The largest absolute Gasteiger partial charge is 0.347 e. The van der Waals surface area contributed by atoms with Crippen LogP contribution < -0.4 is 5.32 Å². The van der Waals surface area contributed by atoms with Crippen LogP contribution in [0.25, 0.3) is 0 Å². The third-order valence-electron chi connectivity index (χ3n) is 2.63. The average molecular weight is 248 g/mol. The Morgan fingerprint density at radius 3 is 2.33 bits per heavy atom. The monoisotopic (exact) mass is 248 g/mol. The van der Waals surface area contributed by atoms with Crippen LogP contribution in [0, 0.1) is 0 Å². The Labute approximate surface area is 108 Å². The lowest BCUT2D eigenvalue weighted by molar-refractivity contribution is -0.134. The van der Waals surface area contributed by atoms with E-state index < -0.39 is 0 Å². The molecule has 0 spiro atoms. The second kappa shape index (κ2) is 6.79. The molecule has 1 N–H and O–H groups in total. The van der Waals surface area contributed by atoms with Gasteiger partial charge in [-0.15, -0.1) is 0 Å². The fraction of sp³-hybridized carbons (Fsp3) is 0.429. The van der Waals surface area contributed by atoms with Crippen molar-refractivity contribution in [3.05, 3.63) is 35.9 Å². The highest BCUT2D eigenvalue weighted by Crippen LogP contribution is 2.08. The van der Waals surface area contributed by atoms with E-state index in [9.17, 15) is 9.59 Å². The summed E-state index contributed by atoms with van der Waals surface area (Å²) in [6.07, 6.45) is 0. The summed E-state index contributed by atoms with van der Waals surface area (Å²) in [6, 6.07) is 9.93. The second-order valence-corrected chi connectivity index (χ2v) is 4.51. The van der Waals surface area contributed by atoms with Crippen LogP contribution >= 0.6 is 0 Å². The number of nitrogens with zero attached hydrogens (tertiary/aromatic N) is 1. The van der Waals surface area contributed by atoms with E-state index in [-0.39, 0.29) is 24.4 Å². The first-order valence-electron chi connectivity index (χ1n) is 6.08. The minimum atomic E-state index is -0.188. The standard InChI is InChI=1S/C14H20N2O2/c1-11(2)16(14(18)9-15-12(3)17)10-13-7-5-4-6-8-13/h4-8,11H,9-10H2,1-3H3,(H,15,17). The minimum absolute atomic E-state index is 0.0559. The van der Waals surface area contributed by atoms with Crippen LogP contribution in [0.5, 0.6) is 0 Å². The normalized spacial score (nSPS) is 10.2. The summed E-state index contributed by atoms with van der Waals surface area (Å²) in [6.45, 7) is 5.96. The maximum Gasteiger partial charge on any atom is 0.242 e. The van der Waals surface area contributed by atoms with E-state index >= 15 is 0 Å². The summed E-state index contributed by atoms with van der Waals surface area (Å²) in [5.74, 6) is -0.254. The van der Waals surface area contributed by atoms with Crippen molar-refractivity contribution in [1.82, 2.24) is 10.2 Å². The van der Waals surface area contributed by atoms with Crippen LogP contribution in [-0.4, -0.2) is 29.3 Å². The van der Waals surface area contributed by atoms with E-state index in [0.29, 0.717) is 6.54 Å². The summed E-state index contributed by atoms with van der Waals surface area (Å²) in [5, 5.41) is 2.54. The Balaban J connectivity index is 2.65. The molecule has 0 radical (unpaired) electrons. The molecule has 1 rings (SSSR count). The first-order chi connectivity index (χ1) is 8.50. The lowest BCUT2D eigenvalue weighted by atomic mass is 10.2. The molecular formula is C14H20N2O2. The van der Waals surface area contributed by atoms with Crippen LogP contribution in [0.3, 0.4) is 0 Å². The van der Waals surface area contributed by atoms with Gasteiger partial charge in [-0.05, 0) is 19.4 Å². The van der Waals surface area contributed by atoms with Crippen LogP contribution in [0.15, 0.2) is 30.3 Å². The molecule has 4 nitrogen and oxygen atoms in total. The molecule has 18 heavy (non-hydrogen) atoms. The van der Waals surface area contributed by atoms with Crippen LogP contribution in [0.2, 0.25) is 0 Å². The third-order valence-corrected chi connectivity index (χ3v) is 2.63. The summed E-state index contributed by atoms with van der Waals surface area (Å²) in [7, 11) is 0. The minimum Gasteiger partial charge on any atom is -0.347 e. The second-order valence-electron chi connectivity index (χ2n) is 4.51. The van der Waals surface area contributed by atoms with Gasteiger partial charge in [0, 0.05) is 19.5 Å². The van der Waals surface area contributed by atoms with Gasteiger partial charge < -0.3 is 10.2 Å². The highest BCUT2D eigenvalue weighted by molar-refractivity contribution is 5.83. The summed E-state index contributed by atoms with van der Waals surface area (Å²) < 4.78 is 0. The summed E-state index contributed by atoms with van der Waals surface area (Å²) in [5.41, 5.74) is 1.09. The number of carbonyl (C=O) groups is 2. The van der Waals surface area contributed by atoms with Crippen molar-refractivity contribution in [3.63, 3.8) is 0 Å². The molecule has 1 aromatic rings. The van der Waals surface area contributed by atoms with E-state index in [0.717, 1.165) is 5.56 Å². The number of hydrogen-bond donors (Lipinski definition) is 1. The van der Waals surface area contributed by atoms with Gasteiger partial charge in [-0.1, -0.05) is 30.3 Å². The van der Waals surface area contributed by atoms with Gasteiger partial charge in [0.25, 0.3) is 0 Å². The summed E-state index contributed by atoms with van der Waals surface area (Å²) in [4.78, 5) is 24.6. The molecule has 1 aromatic carbocycles. The van der Waals surface area contributed by atoms with Crippen LogP contribution in [-0.2, 0) is 16.1 Å². The number of benzene rings is 1. The van der Waals surface area contributed by atoms with Gasteiger partial charge >= 0.3 is 0 Å². The van der Waals surface area contributed by atoms with Crippen LogP contribution in [0.1, 0.15) is 26.3 Å².